The summed E-state index contributed by atoms with van der Waals surface area (Å²) < 4.78 is 41.4. The fourth-order valence-corrected chi connectivity index (χ4v) is 5.40. The van der Waals surface area contributed by atoms with Gasteiger partial charge in [0.2, 0.25) is 5.91 Å². The molecule has 2 fully saturated rings. The number of nitrogens with zero attached hydrogens (tertiary/aromatic N) is 5. The quantitative estimate of drug-likeness (QED) is 0.506. The van der Waals surface area contributed by atoms with Gasteiger partial charge in [0.25, 0.3) is 5.91 Å². The molecule has 2 aliphatic rings. The Kier molecular flexibility index (Phi) is 9.27. The molecule has 1 aliphatic heterocycles. The van der Waals surface area contributed by atoms with Crippen molar-refractivity contribution < 1.29 is 22.8 Å². The Morgan fingerprint density at radius 2 is 1.82 bits per heavy atom. The van der Waals surface area contributed by atoms with Crippen LogP contribution in [-0.2, 0) is 17.4 Å². The summed E-state index contributed by atoms with van der Waals surface area (Å²) >= 11 is 0. The van der Waals surface area contributed by atoms with E-state index in [4.69, 9.17) is 0 Å². The zero-order valence-electron chi connectivity index (χ0n) is 23.5. The summed E-state index contributed by atoms with van der Waals surface area (Å²) in [7, 11) is 3.86. The van der Waals surface area contributed by atoms with Crippen molar-refractivity contribution in [2.75, 3.05) is 32.5 Å². The van der Waals surface area contributed by atoms with E-state index < -0.39 is 23.7 Å². The first-order chi connectivity index (χ1) is 18.9. The van der Waals surface area contributed by atoms with Crippen LogP contribution in [0.25, 0.3) is 0 Å². The fraction of sp³-hybridized carbons (Fsp3) is 0.607. The van der Waals surface area contributed by atoms with Gasteiger partial charge in [0.05, 0.1) is 5.92 Å². The lowest BCUT2D eigenvalue weighted by Gasteiger charge is -2.34. The predicted molar refractivity (Wildman–Crippen MR) is 145 cm³/mol. The third-order valence-electron chi connectivity index (χ3n) is 7.71. The Hall–Kier alpha value is -3.28. The number of rotatable bonds is 8. The molecule has 3 heterocycles. The van der Waals surface area contributed by atoms with E-state index in [-0.39, 0.29) is 42.0 Å². The van der Waals surface area contributed by atoms with Crippen molar-refractivity contribution in [1.29, 1.82) is 0 Å². The molecule has 12 heteroatoms. The summed E-state index contributed by atoms with van der Waals surface area (Å²) in [6.07, 6.45) is 1.51. The van der Waals surface area contributed by atoms with E-state index in [0.717, 1.165) is 38.5 Å². The summed E-state index contributed by atoms with van der Waals surface area (Å²) in [5, 5.41) is 5.78. The van der Waals surface area contributed by atoms with Crippen LogP contribution < -0.4 is 10.6 Å². The highest BCUT2D eigenvalue weighted by molar-refractivity contribution is 5.92. The second kappa shape index (κ2) is 12.5. The molecule has 1 saturated heterocycles. The van der Waals surface area contributed by atoms with Crippen molar-refractivity contribution in [3.63, 3.8) is 0 Å². The van der Waals surface area contributed by atoms with Gasteiger partial charge in [0.1, 0.15) is 22.9 Å². The second-order valence-electron chi connectivity index (χ2n) is 11.2. The number of hydrogen-bond donors (Lipinski definition) is 2. The SMILES string of the molecule is CC(C)NC(=O)[C@H]1CCC[C@H]1Nc1nc(Cc2ccc(C(=O)N(C)C3CCN(C)CC3)nc2)ncc1C(F)(F)F. The van der Waals surface area contributed by atoms with E-state index in [1.807, 2.05) is 13.8 Å². The van der Waals surface area contributed by atoms with Gasteiger partial charge >= 0.3 is 6.18 Å². The normalized spacial score (nSPS) is 20.5. The van der Waals surface area contributed by atoms with Crippen LogP contribution in [0.3, 0.4) is 0 Å². The number of halogens is 3. The number of piperidine rings is 1. The maximum Gasteiger partial charge on any atom is 0.421 e. The molecule has 2 amide bonds. The lowest BCUT2D eigenvalue weighted by atomic mass is 10.0. The molecule has 1 saturated carbocycles. The highest BCUT2D eigenvalue weighted by Gasteiger charge is 2.39. The molecular weight excluding hydrogens is 523 g/mol. The Morgan fingerprint density at radius 3 is 2.45 bits per heavy atom. The number of nitrogens with one attached hydrogen (secondary N) is 2. The van der Waals surface area contributed by atoms with Crippen LogP contribution in [0.15, 0.2) is 24.5 Å². The number of likely N-dealkylation sites (tertiary alicyclic amines) is 1. The van der Waals surface area contributed by atoms with Crippen LogP contribution in [0.4, 0.5) is 19.0 Å². The molecule has 0 spiro atoms. The van der Waals surface area contributed by atoms with E-state index in [1.165, 1.54) is 6.20 Å². The topological polar surface area (TPSA) is 103 Å². The first-order valence-corrected chi connectivity index (χ1v) is 13.8. The van der Waals surface area contributed by atoms with Crippen LogP contribution in [0.1, 0.15) is 73.4 Å². The zero-order valence-corrected chi connectivity index (χ0v) is 23.5. The number of amides is 2. The maximum atomic E-state index is 13.8. The maximum absolute atomic E-state index is 13.8. The average molecular weight is 562 g/mol. The highest BCUT2D eigenvalue weighted by Crippen LogP contribution is 2.36. The Morgan fingerprint density at radius 1 is 1.10 bits per heavy atom. The number of alkyl halides is 3. The first kappa shape index (κ1) is 29.7. The fourth-order valence-electron chi connectivity index (χ4n) is 5.40. The van der Waals surface area contributed by atoms with Gasteiger partial charge < -0.3 is 20.4 Å². The van der Waals surface area contributed by atoms with Crippen LogP contribution >= 0.6 is 0 Å². The van der Waals surface area contributed by atoms with Gasteiger partial charge in [-0.15, -0.1) is 0 Å². The molecular formula is C28H38F3N7O2. The van der Waals surface area contributed by atoms with Crippen molar-refractivity contribution in [2.45, 2.75) is 76.7 Å². The number of pyridine rings is 1. The Labute approximate surface area is 233 Å². The van der Waals surface area contributed by atoms with Crippen molar-refractivity contribution in [3.05, 3.63) is 47.2 Å². The minimum Gasteiger partial charge on any atom is -0.366 e. The van der Waals surface area contributed by atoms with Crippen LogP contribution in [0, 0.1) is 5.92 Å². The molecule has 2 N–H and O–H groups in total. The molecule has 9 nitrogen and oxygen atoms in total. The van der Waals surface area contributed by atoms with Gasteiger partial charge in [-0.3, -0.25) is 14.6 Å². The highest BCUT2D eigenvalue weighted by atomic mass is 19.4. The lowest BCUT2D eigenvalue weighted by Crippen LogP contribution is -2.44. The molecule has 2 aromatic heterocycles. The molecule has 40 heavy (non-hydrogen) atoms. The Bertz CT molecular complexity index is 1180. The van der Waals surface area contributed by atoms with Gasteiger partial charge in [-0.25, -0.2) is 9.97 Å². The Balaban J connectivity index is 1.47. The minimum atomic E-state index is -4.65. The molecule has 0 aromatic carbocycles. The van der Waals surface area contributed by atoms with Gasteiger partial charge in [-0.05, 0) is 71.3 Å². The van der Waals surface area contributed by atoms with Crippen molar-refractivity contribution in [1.82, 2.24) is 30.1 Å². The molecule has 1 aliphatic carbocycles. The van der Waals surface area contributed by atoms with Gasteiger partial charge in [0, 0.05) is 44.0 Å². The second-order valence-corrected chi connectivity index (χ2v) is 11.2. The molecule has 0 bridgehead atoms. The standard InChI is InChI=1S/C28H38F3N7O2/c1-17(2)34-26(39)20-6-5-7-22(20)35-25-21(28(29,30)31)16-33-24(36-25)14-18-8-9-23(32-15-18)27(40)38(4)19-10-12-37(3)13-11-19/h8-9,15-17,19-20,22H,5-7,10-14H2,1-4H3,(H,34,39)(H,33,35,36)/t20-,22+/m0/s1. The van der Waals surface area contributed by atoms with Crippen LogP contribution in [0.2, 0.25) is 0 Å². The summed E-state index contributed by atoms with van der Waals surface area (Å²) in [5.74, 6) is -0.919. The average Bonchev–Trinajstić information content (AvgIpc) is 3.36. The third-order valence-corrected chi connectivity index (χ3v) is 7.71. The monoisotopic (exact) mass is 561 g/mol. The summed E-state index contributed by atoms with van der Waals surface area (Å²) in [6.45, 7) is 5.56. The van der Waals surface area contributed by atoms with Gasteiger partial charge in [-0.2, -0.15) is 13.2 Å². The molecule has 4 rings (SSSR count). The molecule has 0 unspecified atom stereocenters. The van der Waals surface area contributed by atoms with E-state index in [9.17, 15) is 22.8 Å². The van der Waals surface area contributed by atoms with Gasteiger partial charge in [-0.1, -0.05) is 12.5 Å². The predicted octanol–water partition coefficient (Wildman–Crippen LogP) is 3.75. The van der Waals surface area contributed by atoms with E-state index in [2.05, 4.69) is 37.5 Å². The zero-order chi connectivity index (χ0) is 29.0. The molecule has 2 atom stereocenters. The number of carbonyl (C=O) groups excluding carboxylic acids is 2. The summed E-state index contributed by atoms with van der Waals surface area (Å²) in [6, 6.07) is 2.99. The van der Waals surface area contributed by atoms with E-state index in [0.29, 0.717) is 24.1 Å². The largest absolute Gasteiger partial charge is 0.421 e. The first-order valence-electron chi connectivity index (χ1n) is 13.8. The number of anilines is 1. The third kappa shape index (κ3) is 7.26. The van der Waals surface area contributed by atoms with Gasteiger partial charge in [0.15, 0.2) is 0 Å². The van der Waals surface area contributed by atoms with Crippen LogP contribution in [0.5, 0.6) is 0 Å². The van der Waals surface area contributed by atoms with Crippen molar-refractivity contribution in [3.8, 4) is 0 Å². The minimum absolute atomic E-state index is 0.0601. The lowest BCUT2D eigenvalue weighted by molar-refractivity contribution is -0.137. The number of hydrogen-bond acceptors (Lipinski definition) is 7. The van der Waals surface area contributed by atoms with Crippen molar-refractivity contribution in [2.24, 2.45) is 5.92 Å². The van der Waals surface area contributed by atoms with Crippen molar-refractivity contribution >= 4 is 17.6 Å². The van der Waals surface area contributed by atoms with Crippen LogP contribution in [-0.4, -0.2) is 81.9 Å². The number of aromatic nitrogens is 3. The molecule has 2 aromatic rings. The smallest absolute Gasteiger partial charge is 0.366 e. The molecule has 0 radical (unpaired) electrons. The van der Waals surface area contributed by atoms with E-state index >= 15 is 0 Å². The summed E-state index contributed by atoms with van der Waals surface area (Å²) in [5.41, 5.74) is 0.00857. The van der Waals surface area contributed by atoms with E-state index in [1.54, 1.807) is 24.1 Å². The molecule has 218 valence electrons. The number of carbonyl (C=O) groups is 2. The summed E-state index contributed by atoms with van der Waals surface area (Å²) in [4.78, 5) is 42.1.